The van der Waals surface area contributed by atoms with Gasteiger partial charge < -0.3 is 4.98 Å². The molecule has 2 fully saturated rings. The van der Waals surface area contributed by atoms with E-state index in [2.05, 4.69) is 4.98 Å². The minimum Gasteiger partial charge on any atom is -0.313 e. The van der Waals surface area contributed by atoms with Crippen molar-refractivity contribution in [3.05, 3.63) is 32.6 Å². The third kappa shape index (κ3) is 1.96. The van der Waals surface area contributed by atoms with Crippen molar-refractivity contribution < 1.29 is 4.79 Å². The van der Waals surface area contributed by atoms with Crippen LogP contribution in [0.3, 0.4) is 0 Å². The first-order chi connectivity index (χ1) is 9.49. The fourth-order valence-corrected chi connectivity index (χ4v) is 4.19. The van der Waals surface area contributed by atoms with E-state index < -0.39 is 11.2 Å². The number of ketones is 1. The highest BCUT2D eigenvalue weighted by Gasteiger charge is 2.42. The quantitative estimate of drug-likeness (QED) is 0.855. The van der Waals surface area contributed by atoms with Gasteiger partial charge >= 0.3 is 5.69 Å². The van der Waals surface area contributed by atoms with Crippen LogP contribution < -0.4 is 11.2 Å². The van der Waals surface area contributed by atoms with Gasteiger partial charge in [0.05, 0.1) is 5.56 Å². The molecule has 0 aliphatic heterocycles. The van der Waals surface area contributed by atoms with E-state index in [-0.39, 0.29) is 17.4 Å². The number of Topliss-reactive ketones (excluding diaryl/α,β-unsaturated/α-hetero) is 1. The van der Waals surface area contributed by atoms with Crippen LogP contribution in [0.4, 0.5) is 0 Å². The number of nitrogens with one attached hydrogen (secondary N) is 1. The Morgan fingerprint density at radius 1 is 1.35 bits per heavy atom. The maximum atomic E-state index is 12.4. The molecule has 2 aliphatic rings. The Kier molecular flexibility index (Phi) is 3.15. The molecule has 20 heavy (non-hydrogen) atoms. The van der Waals surface area contributed by atoms with Crippen molar-refractivity contribution in [1.82, 2.24) is 9.55 Å². The smallest absolute Gasteiger partial charge is 0.313 e. The van der Waals surface area contributed by atoms with Crippen LogP contribution in [-0.4, -0.2) is 15.3 Å². The predicted molar refractivity (Wildman–Crippen MR) is 75.0 cm³/mol. The zero-order valence-electron chi connectivity index (χ0n) is 11.9. The molecular weight excluding hydrogens is 256 g/mol. The van der Waals surface area contributed by atoms with Gasteiger partial charge in [0.2, 0.25) is 0 Å². The lowest BCUT2D eigenvalue weighted by molar-refractivity contribution is 0.101. The van der Waals surface area contributed by atoms with Crippen molar-refractivity contribution in [2.75, 3.05) is 0 Å². The third-order valence-electron chi connectivity index (χ3n) is 5.21. The van der Waals surface area contributed by atoms with E-state index >= 15 is 0 Å². The number of aromatic amines is 1. The highest BCUT2D eigenvalue weighted by atomic mass is 16.2. The summed E-state index contributed by atoms with van der Waals surface area (Å²) in [6.07, 6.45) is 6.05. The Balaban J connectivity index is 2.01. The molecule has 3 rings (SSSR count). The number of hydrogen-bond donors (Lipinski definition) is 1. The second-order valence-electron chi connectivity index (χ2n) is 6.32. The number of H-pyrrole nitrogens is 1. The lowest BCUT2D eigenvalue weighted by Gasteiger charge is -2.28. The lowest BCUT2D eigenvalue weighted by atomic mass is 9.84. The second kappa shape index (κ2) is 4.72. The molecule has 108 valence electrons. The Morgan fingerprint density at radius 3 is 2.65 bits per heavy atom. The normalized spacial score (nSPS) is 29.6. The molecular formula is C15H20N2O3. The maximum absolute atomic E-state index is 12.4. The summed E-state index contributed by atoms with van der Waals surface area (Å²) in [5, 5.41) is 0. The molecule has 1 N–H and O–H groups in total. The maximum Gasteiger partial charge on any atom is 0.328 e. The summed E-state index contributed by atoms with van der Waals surface area (Å²) >= 11 is 0. The molecule has 2 aliphatic carbocycles. The van der Waals surface area contributed by atoms with Crippen molar-refractivity contribution in [1.29, 1.82) is 0 Å². The molecule has 0 aromatic carbocycles. The van der Waals surface area contributed by atoms with E-state index in [4.69, 9.17) is 0 Å². The van der Waals surface area contributed by atoms with Gasteiger partial charge in [0.15, 0.2) is 5.78 Å². The van der Waals surface area contributed by atoms with Gasteiger partial charge in [0, 0.05) is 12.2 Å². The van der Waals surface area contributed by atoms with E-state index in [1.807, 2.05) is 6.92 Å². The van der Waals surface area contributed by atoms with Crippen molar-refractivity contribution in [2.45, 2.75) is 45.6 Å². The van der Waals surface area contributed by atoms with Crippen LogP contribution in [0, 0.1) is 17.8 Å². The fourth-order valence-electron chi connectivity index (χ4n) is 4.19. The van der Waals surface area contributed by atoms with E-state index in [0.717, 1.165) is 12.3 Å². The molecule has 4 unspecified atom stereocenters. The number of carbonyl (C=O) groups is 1. The molecule has 1 heterocycles. The molecule has 0 saturated heterocycles. The van der Waals surface area contributed by atoms with Gasteiger partial charge in [-0.15, -0.1) is 0 Å². The Hall–Kier alpha value is -1.65. The first-order valence-electron chi connectivity index (χ1n) is 7.34. The molecule has 4 atom stereocenters. The molecule has 1 aromatic heterocycles. The monoisotopic (exact) mass is 276 g/mol. The summed E-state index contributed by atoms with van der Waals surface area (Å²) in [6, 6.07) is -0.138. The summed E-state index contributed by atoms with van der Waals surface area (Å²) in [4.78, 5) is 38.4. The molecule has 2 bridgehead atoms. The van der Waals surface area contributed by atoms with Crippen LogP contribution in [0.5, 0.6) is 0 Å². The molecule has 1 aromatic rings. The summed E-state index contributed by atoms with van der Waals surface area (Å²) in [7, 11) is 0. The van der Waals surface area contributed by atoms with Gasteiger partial charge in [-0.1, -0.05) is 6.42 Å². The first kappa shape index (κ1) is 13.3. The number of carbonyl (C=O) groups excluding carboxylic acids is 1. The first-order valence-corrected chi connectivity index (χ1v) is 7.34. The summed E-state index contributed by atoms with van der Waals surface area (Å²) in [5.41, 5.74) is -0.786. The van der Waals surface area contributed by atoms with Gasteiger partial charge in [-0.05, 0) is 50.9 Å². The number of hydrogen-bond acceptors (Lipinski definition) is 3. The predicted octanol–water partition coefficient (Wildman–Crippen LogP) is 1.74. The average Bonchev–Trinajstić information content (AvgIpc) is 3.00. The zero-order chi connectivity index (χ0) is 14.4. The molecule has 5 nitrogen and oxygen atoms in total. The zero-order valence-corrected chi connectivity index (χ0v) is 11.9. The highest BCUT2D eigenvalue weighted by Crippen LogP contribution is 2.51. The molecule has 2 saturated carbocycles. The van der Waals surface area contributed by atoms with Gasteiger partial charge in [0.1, 0.15) is 0 Å². The number of rotatable bonds is 3. The average molecular weight is 276 g/mol. The van der Waals surface area contributed by atoms with E-state index in [1.165, 1.54) is 37.0 Å². The fraction of sp³-hybridized carbons (Fsp3) is 0.667. The number of nitrogens with zero attached hydrogens (tertiary/aromatic N) is 1. The minimum atomic E-state index is -0.448. The van der Waals surface area contributed by atoms with Crippen molar-refractivity contribution in [2.24, 2.45) is 17.8 Å². The van der Waals surface area contributed by atoms with Crippen molar-refractivity contribution >= 4 is 5.78 Å². The van der Waals surface area contributed by atoms with Crippen LogP contribution in [0.1, 0.15) is 55.9 Å². The van der Waals surface area contributed by atoms with Gasteiger partial charge in [-0.25, -0.2) is 4.79 Å². The molecule has 0 radical (unpaired) electrons. The van der Waals surface area contributed by atoms with Crippen LogP contribution in [0.25, 0.3) is 0 Å². The Bertz CT molecular complexity index is 658. The number of aromatic nitrogens is 2. The molecule has 0 amide bonds. The van der Waals surface area contributed by atoms with E-state index in [9.17, 15) is 14.4 Å². The van der Waals surface area contributed by atoms with Gasteiger partial charge in [-0.3, -0.25) is 14.2 Å². The van der Waals surface area contributed by atoms with E-state index in [1.54, 1.807) is 0 Å². The highest BCUT2D eigenvalue weighted by molar-refractivity contribution is 5.93. The third-order valence-corrected chi connectivity index (χ3v) is 5.21. The van der Waals surface area contributed by atoms with Crippen LogP contribution in [0.2, 0.25) is 0 Å². The van der Waals surface area contributed by atoms with Crippen LogP contribution in [0.15, 0.2) is 15.8 Å². The van der Waals surface area contributed by atoms with Crippen molar-refractivity contribution in [3.63, 3.8) is 0 Å². The van der Waals surface area contributed by atoms with Gasteiger partial charge in [-0.2, -0.15) is 0 Å². The molecule has 0 spiro atoms. The Labute approximate surface area is 117 Å². The van der Waals surface area contributed by atoms with Crippen LogP contribution in [-0.2, 0) is 0 Å². The van der Waals surface area contributed by atoms with Crippen molar-refractivity contribution in [3.8, 4) is 0 Å². The standard InChI is InChI=1S/C15H20N2O3/c1-8(12-6-10-3-4-11(12)5-10)17-14(19)13(9(2)18)7-16-15(17)20/h7-8,10-12H,3-6H2,1-2H3,(H,16,20). The molecule has 5 heteroatoms. The summed E-state index contributed by atoms with van der Waals surface area (Å²) in [6.45, 7) is 3.29. The largest absolute Gasteiger partial charge is 0.328 e. The Morgan fingerprint density at radius 2 is 2.10 bits per heavy atom. The van der Waals surface area contributed by atoms with Gasteiger partial charge in [0.25, 0.3) is 5.56 Å². The van der Waals surface area contributed by atoms with Crippen LogP contribution >= 0.6 is 0 Å². The van der Waals surface area contributed by atoms with E-state index in [0.29, 0.717) is 11.8 Å². The summed E-state index contributed by atoms with van der Waals surface area (Å²) < 4.78 is 1.25. The SMILES string of the molecule is CC(=O)c1c[nH]c(=O)n(C(C)C2CC3CCC2C3)c1=O. The second-order valence-corrected chi connectivity index (χ2v) is 6.32. The minimum absolute atomic E-state index is 0.0691. The summed E-state index contributed by atoms with van der Waals surface area (Å²) in [5.74, 6) is 1.47. The topological polar surface area (TPSA) is 71.9 Å². The number of fused-ring (bicyclic) bond motifs is 2. The lowest BCUT2D eigenvalue weighted by Crippen LogP contribution is -2.42.